The third-order valence-electron chi connectivity index (χ3n) is 5.48. The molecular weight excluding hydrogens is 316 g/mol. The SMILES string of the molecule is C=CCc1cc(C(=O)N(C)C2CC3CCC(C2)N3)cc(OC)c1OC. The first-order valence-electron chi connectivity index (χ1n) is 8.96. The van der Waals surface area contributed by atoms with Crippen molar-refractivity contribution in [1.29, 1.82) is 0 Å². The Kier molecular flexibility index (Phi) is 5.33. The van der Waals surface area contributed by atoms with Gasteiger partial charge in [0.1, 0.15) is 0 Å². The highest BCUT2D eigenvalue weighted by molar-refractivity contribution is 5.95. The van der Waals surface area contributed by atoms with E-state index in [1.807, 2.05) is 18.0 Å². The Morgan fingerprint density at radius 1 is 1.28 bits per heavy atom. The van der Waals surface area contributed by atoms with Gasteiger partial charge in [-0.05, 0) is 44.2 Å². The molecule has 2 saturated heterocycles. The van der Waals surface area contributed by atoms with E-state index in [-0.39, 0.29) is 5.91 Å². The fourth-order valence-corrected chi connectivity index (χ4v) is 4.19. The molecule has 2 bridgehead atoms. The summed E-state index contributed by atoms with van der Waals surface area (Å²) >= 11 is 0. The zero-order valence-corrected chi connectivity index (χ0v) is 15.4. The molecule has 1 aromatic rings. The summed E-state index contributed by atoms with van der Waals surface area (Å²) in [5, 5.41) is 3.63. The molecular formula is C20H28N2O3. The van der Waals surface area contributed by atoms with Crippen LogP contribution < -0.4 is 14.8 Å². The van der Waals surface area contributed by atoms with Gasteiger partial charge in [-0.25, -0.2) is 0 Å². The van der Waals surface area contributed by atoms with Gasteiger partial charge in [-0.1, -0.05) is 6.08 Å². The van der Waals surface area contributed by atoms with Crippen LogP contribution in [0.4, 0.5) is 0 Å². The van der Waals surface area contributed by atoms with Crippen LogP contribution in [0.2, 0.25) is 0 Å². The lowest BCUT2D eigenvalue weighted by Crippen LogP contribution is -2.48. The third-order valence-corrected chi connectivity index (χ3v) is 5.48. The molecule has 3 rings (SSSR count). The molecule has 1 N–H and O–H groups in total. The summed E-state index contributed by atoms with van der Waals surface area (Å²) < 4.78 is 10.9. The van der Waals surface area contributed by atoms with Crippen molar-refractivity contribution in [1.82, 2.24) is 10.2 Å². The Hall–Kier alpha value is -2.01. The van der Waals surface area contributed by atoms with E-state index >= 15 is 0 Å². The van der Waals surface area contributed by atoms with Crippen LogP contribution in [-0.2, 0) is 6.42 Å². The molecule has 2 unspecified atom stereocenters. The lowest BCUT2D eigenvalue weighted by atomic mass is 9.97. The molecule has 0 aromatic heterocycles. The van der Waals surface area contributed by atoms with Crippen LogP contribution in [0.25, 0.3) is 0 Å². The highest BCUT2D eigenvalue weighted by atomic mass is 16.5. The number of rotatable bonds is 6. The van der Waals surface area contributed by atoms with Crippen LogP contribution in [0.15, 0.2) is 24.8 Å². The highest BCUT2D eigenvalue weighted by Crippen LogP contribution is 2.35. The van der Waals surface area contributed by atoms with E-state index in [1.54, 1.807) is 26.4 Å². The van der Waals surface area contributed by atoms with Crippen molar-refractivity contribution in [2.45, 2.75) is 50.2 Å². The minimum atomic E-state index is 0.0394. The molecule has 136 valence electrons. The lowest BCUT2D eigenvalue weighted by Gasteiger charge is -2.35. The minimum absolute atomic E-state index is 0.0394. The Morgan fingerprint density at radius 3 is 2.52 bits per heavy atom. The van der Waals surface area contributed by atoms with Gasteiger partial charge in [0.25, 0.3) is 5.91 Å². The number of hydrogen-bond acceptors (Lipinski definition) is 4. The first-order valence-corrected chi connectivity index (χ1v) is 8.96. The predicted molar refractivity (Wildman–Crippen MR) is 98.5 cm³/mol. The number of methoxy groups -OCH3 is 2. The molecule has 2 fully saturated rings. The normalized spacial score (nSPS) is 24.7. The van der Waals surface area contributed by atoms with E-state index in [4.69, 9.17) is 9.47 Å². The van der Waals surface area contributed by atoms with Gasteiger partial charge in [-0.15, -0.1) is 6.58 Å². The number of piperidine rings is 1. The number of carbonyl (C=O) groups is 1. The molecule has 25 heavy (non-hydrogen) atoms. The average molecular weight is 344 g/mol. The van der Waals surface area contributed by atoms with Gasteiger partial charge in [0, 0.05) is 36.3 Å². The van der Waals surface area contributed by atoms with Gasteiger partial charge in [-0.2, -0.15) is 0 Å². The van der Waals surface area contributed by atoms with E-state index in [9.17, 15) is 4.79 Å². The first kappa shape index (κ1) is 17.8. The van der Waals surface area contributed by atoms with Crippen LogP contribution >= 0.6 is 0 Å². The molecule has 2 aliphatic heterocycles. The van der Waals surface area contributed by atoms with Gasteiger partial charge in [0.05, 0.1) is 14.2 Å². The Balaban J connectivity index is 1.85. The predicted octanol–water partition coefficient (Wildman–Crippen LogP) is 2.79. The number of benzene rings is 1. The van der Waals surface area contributed by atoms with Crippen molar-refractivity contribution in [2.24, 2.45) is 0 Å². The summed E-state index contributed by atoms with van der Waals surface area (Å²) in [5.74, 6) is 1.29. The summed E-state index contributed by atoms with van der Waals surface area (Å²) in [5.41, 5.74) is 1.56. The molecule has 0 spiro atoms. The molecule has 2 aliphatic rings. The average Bonchev–Trinajstić information content (AvgIpc) is 2.97. The van der Waals surface area contributed by atoms with E-state index < -0.39 is 0 Å². The maximum Gasteiger partial charge on any atom is 0.253 e. The standard InChI is InChI=1S/C20H28N2O3/c1-5-6-13-9-14(10-18(24-3)19(13)25-4)20(23)22(2)17-11-15-7-8-16(12-17)21-15/h5,9-10,15-17,21H,1,6-8,11-12H2,2-4H3. The first-order chi connectivity index (χ1) is 12.1. The molecule has 5 heteroatoms. The van der Waals surface area contributed by atoms with E-state index in [2.05, 4.69) is 11.9 Å². The van der Waals surface area contributed by atoms with Crippen LogP contribution in [0.3, 0.4) is 0 Å². The molecule has 2 atom stereocenters. The van der Waals surface area contributed by atoms with Gasteiger partial charge >= 0.3 is 0 Å². The Labute approximate surface area is 150 Å². The van der Waals surface area contributed by atoms with E-state index in [0.717, 1.165) is 18.4 Å². The van der Waals surface area contributed by atoms with Crippen molar-refractivity contribution in [3.8, 4) is 11.5 Å². The largest absolute Gasteiger partial charge is 0.493 e. The van der Waals surface area contributed by atoms with Gasteiger partial charge < -0.3 is 19.7 Å². The zero-order valence-electron chi connectivity index (χ0n) is 15.4. The van der Waals surface area contributed by atoms with E-state index in [1.165, 1.54) is 12.8 Å². The topological polar surface area (TPSA) is 50.8 Å². The van der Waals surface area contributed by atoms with Crippen molar-refractivity contribution in [3.63, 3.8) is 0 Å². The second-order valence-corrected chi connectivity index (χ2v) is 7.04. The second-order valence-electron chi connectivity index (χ2n) is 7.04. The summed E-state index contributed by atoms with van der Waals surface area (Å²) in [7, 11) is 5.13. The summed E-state index contributed by atoms with van der Waals surface area (Å²) in [6, 6.07) is 5.08. The number of amides is 1. The molecule has 1 aromatic carbocycles. The number of nitrogens with zero attached hydrogens (tertiary/aromatic N) is 1. The summed E-state index contributed by atoms with van der Waals surface area (Å²) in [4.78, 5) is 15.0. The lowest BCUT2D eigenvalue weighted by molar-refractivity contribution is 0.0681. The number of hydrogen-bond donors (Lipinski definition) is 1. The number of nitrogens with one attached hydrogen (secondary N) is 1. The zero-order chi connectivity index (χ0) is 18.0. The van der Waals surface area contributed by atoms with Gasteiger partial charge in [0.2, 0.25) is 0 Å². The monoisotopic (exact) mass is 344 g/mol. The van der Waals surface area contributed by atoms with Crippen molar-refractivity contribution in [2.75, 3.05) is 21.3 Å². The fourth-order valence-electron chi connectivity index (χ4n) is 4.19. The molecule has 0 radical (unpaired) electrons. The molecule has 1 amide bonds. The fraction of sp³-hybridized carbons (Fsp3) is 0.550. The van der Waals surface area contributed by atoms with Gasteiger partial charge in [0.15, 0.2) is 11.5 Å². The maximum absolute atomic E-state index is 13.1. The molecule has 2 heterocycles. The van der Waals surface area contributed by atoms with Crippen LogP contribution in [0.5, 0.6) is 11.5 Å². The Morgan fingerprint density at radius 2 is 1.96 bits per heavy atom. The van der Waals surface area contributed by atoms with Crippen LogP contribution in [0, 0.1) is 0 Å². The van der Waals surface area contributed by atoms with Crippen LogP contribution in [0.1, 0.15) is 41.6 Å². The summed E-state index contributed by atoms with van der Waals surface area (Å²) in [6.07, 6.45) is 6.95. The van der Waals surface area contributed by atoms with Gasteiger partial charge in [-0.3, -0.25) is 4.79 Å². The Bertz CT molecular complexity index is 647. The third kappa shape index (κ3) is 3.52. The summed E-state index contributed by atoms with van der Waals surface area (Å²) in [6.45, 7) is 3.79. The van der Waals surface area contributed by atoms with Crippen LogP contribution in [-0.4, -0.2) is 50.2 Å². The number of allylic oxidation sites excluding steroid dienone is 1. The molecule has 0 saturated carbocycles. The van der Waals surface area contributed by atoms with Crippen molar-refractivity contribution < 1.29 is 14.3 Å². The number of fused-ring (bicyclic) bond motifs is 2. The quantitative estimate of drug-likeness (QED) is 0.806. The smallest absolute Gasteiger partial charge is 0.253 e. The molecule has 0 aliphatic carbocycles. The minimum Gasteiger partial charge on any atom is -0.493 e. The maximum atomic E-state index is 13.1. The van der Waals surface area contributed by atoms with E-state index in [0.29, 0.717) is 41.6 Å². The second kappa shape index (κ2) is 7.48. The highest BCUT2D eigenvalue weighted by Gasteiger charge is 2.36. The number of carbonyl (C=O) groups excluding carboxylic acids is 1. The number of ether oxygens (including phenoxy) is 2. The van der Waals surface area contributed by atoms with Crippen molar-refractivity contribution >= 4 is 5.91 Å². The van der Waals surface area contributed by atoms with Crippen molar-refractivity contribution in [3.05, 3.63) is 35.9 Å². The molecule has 5 nitrogen and oxygen atoms in total.